The Morgan fingerprint density at radius 3 is 2.74 bits per heavy atom. The highest BCUT2D eigenvalue weighted by Crippen LogP contribution is 2.32. The average molecular weight is 373 g/mol. The first-order chi connectivity index (χ1) is 13.1. The van der Waals surface area contributed by atoms with E-state index in [1.165, 1.54) is 17.2 Å². The second-order valence-electron chi connectivity index (χ2n) is 6.30. The van der Waals surface area contributed by atoms with Crippen LogP contribution in [0.3, 0.4) is 0 Å². The van der Waals surface area contributed by atoms with E-state index in [1.807, 2.05) is 6.07 Å². The van der Waals surface area contributed by atoms with Gasteiger partial charge in [-0.25, -0.2) is 15.0 Å². The highest BCUT2D eigenvalue weighted by atomic mass is 16.6. The molecule has 3 aromatic rings. The van der Waals surface area contributed by atoms with E-state index in [4.69, 9.17) is 4.74 Å². The van der Waals surface area contributed by atoms with Crippen LogP contribution in [0, 0.1) is 0 Å². The van der Waals surface area contributed by atoms with Crippen molar-refractivity contribution in [3.63, 3.8) is 0 Å². The lowest BCUT2D eigenvalue weighted by Crippen LogP contribution is -2.33. The van der Waals surface area contributed by atoms with Gasteiger partial charge in [-0.3, -0.25) is 4.57 Å². The highest BCUT2D eigenvalue weighted by Gasteiger charge is 2.44. The lowest BCUT2D eigenvalue weighted by molar-refractivity contribution is -0.0511. The molecule has 27 heavy (non-hydrogen) atoms. The van der Waals surface area contributed by atoms with Gasteiger partial charge in [-0.05, 0) is 17.7 Å². The van der Waals surface area contributed by atoms with Crippen LogP contribution >= 0.6 is 0 Å². The number of rotatable bonds is 5. The van der Waals surface area contributed by atoms with Crippen molar-refractivity contribution in [3.8, 4) is 5.75 Å². The summed E-state index contributed by atoms with van der Waals surface area (Å²) in [6.45, 7) is 0.00823. The van der Waals surface area contributed by atoms with Crippen LogP contribution in [0.15, 0.2) is 36.9 Å². The molecule has 2 aromatic heterocycles. The lowest BCUT2D eigenvalue weighted by atomic mass is 10.1. The van der Waals surface area contributed by atoms with Crippen LogP contribution in [0.5, 0.6) is 5.75 Å². The van der Waals surface area contributed by atoms with Crippen molar-refractivity contribution >= 4 is 17.0 Å². The number of aromatic hydroxyl groups is 1. The van der Waals surface area contributed by atoms with Gasteiger partial charge in [-0.2, -0.15) is 0 Å². The lowest BCUT2D eigenvalue weighted by Gasteiger charge is -2.16. The smallest absolute Gasteiger partial charge is 0.167 e. The molecule has 10 heteroatoms. The largest absolute Gasteiger partial charge is 0.508 e. The van der Waals surface area contributed by atoms with Crippen molar-refractivity contribution in [2.75, 3.05) is 11.9 Å². The number of phenols is 1. The molecule has 0 aliphatic carbocycles. The number of nitrogens with zero attached hydrogens (tertiary/aromatic N) is 4. The van der Waals surface area contributed by atoms with E-state index in [0.29, 0.717) is 23.5 Å². The Bertz CT molecular complexity index is 948. The van der Waals surface area contributed by atoms with Gasteiger partial charge in [0.15, 0.2) is 23.2 Å². The molecule has 4 atom stereocenters. The number of phenolic OH excluding ortho intramolecular Hbond substituents is 1. The molecule has 1 fully saturated rings. The molecular weight excluding hydrogens is 354 g/mol. The maximum Gasteiger partial charge on any atom is 0.167 e. The quantitative estimate of drug-likeness (QED) is 0.409. The van der Waals surface area contributed by atoms with Gasteiger partial charge in [0, 0.05) is 6.54 Å². The number of nitrogens with one attached hydrogen (secondary N) is 1. The van der Waals surface area contributed by atoms with Crippen LogP contribution in [0.25, 0.3) is 11.2 Å². The van der Waals surface area contributed by atoms with E-state index in [1.54, 1.807) is 18.2 Å². The fourth-order valence-electron chi connectivity index (χ4n) is 3.13. The van der Waals surface area contributed by atoms with E-state index in [9.17, 15) is 20.4 Å². The molecule has 1 aromatic carbocycles. The Labute approximate surface area is 153 Å². The van der Waals surface area contributed by atoms with Crippen molar-refractivity contribution in [1.29, 1.82) is 0 Å². The first kappa shape index (κ1) is 17.6. The van der Waals surface area contributed by atoms with Gasteiger partial charge in [-0.15, -0.1) is 0 Å². The number of aliphatic hydroxyl groups excluding tert-OH is 3. The van der Waals surface area contributed by atoms with Gasteiger partial charge in [0.1, 0.15) is 30.4 Å². The zero-order valence-corrected chi connectivity index (χ0v) is 14.2. The topological polar surface area (TPSA) is 146 Å². The third-order valence-corrected chi connectivity index (χ3v) is 4.52. The summed E-state index contributed by atoms with van der Waals surface area (Å²) in [6.07, 6.45) is -1.43. The monoisotopic (exact) mass is 373 g/mol. The molecule has 0 spiro atoms. The van der Waals surface area contributed by atoms with Gasteiger partial charge >= 0.3 is 0 Å². The predicted octanol–water partition coefficient (Wildman–Crippen LogP) is -0.245. The number of aliphatic hydroxyl groups is 3. The molecule has 0 radical (unpaired) electrons. The van der Waals surface area contributed by atoms with E-state index < -0.39 is 31.1 Å². The van der Waals surface area contributed by atoms with E-state index in [0.717, 1.165) is 5.56 Å². The van der Waals surface area contributed by atoms with Crippen LogP contribution in [0.4, 0.5) is 5.82 Å². The molecule has 142 valence electrons. The van der Waals surface area contributed by atoms with Crippen molar-refractivity contribution in [2.24, 2.45) is 0 Å². The van der Waals surface area contributed by atoms with Gasteiger partial charge < -0.3 is 30.5 Å². The summed E-state index contributed by atoms with van der Waals surface area (Å²) in [4.78, 5) is 12.7. The maximum absolute atomic E-state index is 10.2. The van der Waals surface area contributed by atoms with Crippen LogP contribution in [0.2, 0.25) is 0 Å². The third kappa shape index (κ3) is 3.19. The fraction of sp³-hybridized carbons (Fsp3) is 0.353. The molecule has 10 nitrogen and oxygen atoms in total. The number of benzene rings is 1. The first-order valence-corrected chi connectivity index (χ1v) is 8.40. The highest BCUT2D eigenvalue weighted by molar-refractivity contribution is 5.82. The minimum Gasteiger partial charge on any atom is -0.508 e. The molecule has 0 amide bonds. The van der Waals surface area contributed by atoms with Crippen LogP contribution < -0.4 is 5.32 Å². The number of fused-ring (bicyclic) bond motifs is 1. The number of aromatic nitrogens is 4. The molecule has 1 saturated heterocycles. The molecule has 4 rings (SSSR count). The van der Waals surface area contributed by atoms with Crippen molar-refractivity contribution in [1.82, 2.24) is 19.5 Å². The second kappa shape index (κ2) is 7.08. The molecular formula is C17H19N5O5. The fourth-order valence-corrected chi connectivity index (χ4v) is 3.13. The Balaban J connectivity index is 1.60. The summed E-state index contributed by atoms with van der Waals surface area (Å²) in [7, 11) is 0. The van der Waals surface area contributed by atoms with Crippen molar-refractivity contribution in [2.45, 2.75) is 31.1 Å². The number of hydrogen-bond acceptors (Lipinski definition) is 9. The number of anilines is 1. The number of imidazole rings is 1. The standard InChI is InChI=1S/C17H19N5O5/c23-6-11-13(25)14(26)17(27-11)22-8-21-12-15(19-7-20-16(12)22)18-5-9-2-1-3-10(24)4-9/h1-4,7-8,11,13-14,17,23-26H,5-6H2,(H,18,19,20)/t11-,13?,14?,17-/m1/s1. The van der Waals surface area contributed by atoms with Gasteiger partial charge in [0.25, 0.3) is 0 Å². The van der Waals surface area contributed by atoms with Crippen LogP contribution in [-0.4, -0.2) is 64.9 Å². The van der Waals surface area contributed by atoms with E-state index >= 15 is 0 Å². The SMILES string of the molecule is OC[C@H]1O[C@@H](n2cnc3c(NCc4cccc(O)c4)ncnc32)C(O)C1O. The van der Waals surface area contributed by atoms with Gasteiger partial charge in [-0.1, -0.05) is 12.1 Å². The van der Waals surface area contributed by atoms with Gasteiger partial charge in [0.05, 0.1) is 12.9 Å². The van der Waals surface area contributed by atoms with Crippen molar-refractivity contribution in [3.05, 3.63) is 42.5 Å². The minimum atomic E-state index is -1.22. The molecule has 2 unspecified atom stereocenters. The number of ether oxygens (including phenoxy) is 1. The number of hydrogen-bond donors (Lipinski definition) is 5. The summed E-state index contributed by atoms with van der Waals surface area (Å²) in [5.74, 6) is 0.657. The zero-order chi connectivity index (χ0) is 19.0. The van der Waals surface area contributed by atoms with E-state index in [2.05, 4.69) is 20.3 Å². The molecule has 1 aliphatic heterocycles. The Morgan fingerprint density at radius 2 is 2.00 bits per heavy atom. The van der Waals surface area contributed by atoms with E-state index in [-0.39, 0.29) is 5.75 Å². The second-order valence-corrected chi connectivity index (χ2v) is 6.30. The van der Waals surface area contributed by atoms with Crippen molar-refractivity contribution < 1.29 is 25.2 Å². The average Bonchev–Trinajstić information content (AvgIpc) is 3.22. The Kier molecular flexibility index (Phi) is 4.62. The van der Waals surface area contributed by atoms with Crippen LogP contribution in [0.1, 0.15) is 11.8 Å². The third-order valence-electron chi connectivity index (χ3n) is 4.52. The Hall–Kier alpha value is -2.79. The summed E-state index contributed by atoms with van der Waals surface area (Å²) >= 11 is 0. The van der Waals surface area contributed by atoms with Gasteiger partial charge in [0.2, 0.25) is 0 Å². The zero-order valence-electron chi connectivity index (χ0n) is 14.2. The molecule has 0 saturated carbocycles. The summed E-state index contributed by atoms with van der Waals surface area (Å²) in [6, 6.07) is 6.85. The minimum absolute atomic E-state index is 0.177. The summed E-state index contributed by atoms with van der Waals surface area (Å²) in [5.41, 5.74) is 1.75. The normalized spacial score (nSPS) is 25.1. The summed E-state index contributed by atoms with van der Waals surface area (Å²) < 4.78 is 7.03. The van der Waals surface area contributed by atoms with Crippen LogP contribution in [-0.2, 0) is 11.3 Å². The maximum atomic E-state index is 10.2. The molecule has 3 heterocycles. The molecule has 1 aliphatic rings. The molecule has 5 N–H and O–H groups in total. The molecule has 0 bridgehead atoms. The predicted molar refractivity (Wildman–Crippen MR) is 93.8 cm³/mol. The first-order valence-electron chi connectivity index (χ1n) is 8.40. The Morgan fingerprint density at radius 1 is 1.15 bits per heavy atom. The summed E-state index contributed by atoms with van der Waals surface area (Å²) in [5, 5.41) is 42.1.